The quantitative estimate of drug-likeness (QED) is 0.653. The van der Waals surface area contributed by atoms with E-state index >= 15 is 0 Å². The first-order valence-corrected chi connectivity index (χ1v) is 7.05. The van der Waals surface area contributed by atoms with Crippen LogP contribution < -0.4 is 10.2 Å². The minimum Gasteiger partial charge on any atom is -0.435 e. The van der Waals surface area contributed by atoms with Crippen LogP contribution in [0.4, 0.5) is 8.78 Å². The van der Waals surface area contributed by atoms with E-state index in [-0.39, 0.29) is 11.7 Å². The summed E-state index contributed by atoms with van der Waals surface area (Å²) in [6, 6.07) is 13.2. The fraction of sp³-hybridized carbons (Fsp3) is 0.176. The van der Waals surface area contributed by atoms with E-state index in [1.54, 1.807) is 24.3 Å². The molecule has 2 rings (SSSR count). The summed E-state index contributed by atoms with van der Waals surface area (Å²) in [6.45, 7) is -0.815. The van der Waals surface area contributed by atoms with Crippen LogP contribution in [0.2, 0.25) is 0 Å². The molecule has 1 N–H and O–H groups in total. The Kier molecular flexibility index (Phi) is 5.80. The van der Waals surface area contributed by atoms with Crippen LogP contribution in [0.15, 0.2) is 53.6 Å². The molecule has 0 spiro atoms. The summed E-state index contributed by atoms with van der Waals surface area (Å²) >= 11 is 0. The molecule has 0 bridgehead atoms. The zero-order chi connectivity index (χ0) is 16.7. The van der Waals surface area contributed by atoms with Gasteiger partial charge in [-0.05, 0) is 53.9 Å². The first-order valence-electron chi connectivity index (χ1n) is 7.05. The van der Waals surface area contributed by atoms with Gasteiger partial charge in [0, 0.05) is 5.56 Å². The molecule has 0 fully saturated rings. The molecular weight excluding hydrogens is 302 g/mol. The van der Waals surface area contributed by atoms with E-state index in [9.17, 15) is 13.6 Å². The average molecular weight is 318 g/mol. The van der Waals surface area contributed by atoms with Gasteiger partial charge in [0.2, 0.25) is 0 Å². The van der Waals surface area contributed by atoms with Crippen LogP contribution in [-0.2, 0) is 6.42 Å². The van der Waals surface area contributed by atoms with Crippen LogP contribution >= 0.6 is 0 Å². The number of rotatable bonds is 6. The Balaban J connectivity index is 1.91. The summed E-state index contributed by atoms with van der Waals surface area (Å²) in [5, 5.41) is 3.84. The Labute approximate surface area is 132 Å². The van der Waals surface area contributed by atoms with Gasteiger partial charge in [-0.1, -0.05) is 19.1 Å². The molecule has 0 radical (unpaired) electrons. The van der Waals surface area contributed by atoms with Crippen molar-refractivity contribution in [3.63, 3.8) is 0 Å². The van der Waals surface area contributed by atoms with Gasteiger partial charge in [-0.3, -0.25) is 4.79 Å². The lowest BCUT2D eigenvalue weighted by molar-refractivity contribution is -0.0498. The number of hydrazone groups is 1. The fourth-order valence-corrected chi connectivity index (χ4v) is 1.86. The van der Waals surface area contributed by atoms with Crippen molar-refractivity contribution in [2.45, 2.75) is 20.0 Å². The number of carbonyl (C=O) groups is 1. The average Bonchev–Trinajstić information content (AvgIpc) is 2.56. The van der Waals surface area contributed by atoms with Crippen molar-refractivity contribution in [3.05, 3.63) is 65.2 Å². The van der Waals surface area contributed by atoms with Gasteiger partial charge in [0.05, 0.1) is 6.21 Å². The Morgan fingerprint density at radius 1 is 1.17 bits per heavy atom. The molecule has 0 saturated heterocycles. The van der Waals surface area contributed by atoms with Crippen LogP contribution in [0.3, 0.4) is 0 Å². The van der Waals surface area contributed by atoms with Crippen molar-refractivity contribution in [1.29, 1.82) is 0 Å². The van der Waals surface area contributed by atoms with Crippen molar-refractivity contribution in [1.82, 2.24) is 5.43 Å². The molecule has 0 atom stereocenters. The van der Waals surface area contributed by atoms with Gasteiger partial charge in [-0.2, -0.15) is 13.9 Å². The van der Waals surface area contributed by atoms with Crippen LogP contribution in [0.25, 0.3) is 0 Å². The third-order valence-corrected chi connectivity index (χ3v) is 3.11. The Morgan fingerprint density at radius 3 is 2.39 bits per heavy atom. The summed E-state index contributed by atoms with van der Waals surface area (Å²) in [6.07, 6.45) is 2.33. The highest BCUT2D eigenvalue weighted by Gasteiger charge is 2.04. The number of halogens is 2. The van der Waals surface area contributed by atoms with Gasteiger partial charge in [0.25, 0.3) is 5.91 Å². The zero-order valence-corrected chi connectivity index (χ0v) is 12.5. The highest BCUT2D eigenvalue weighted by Crippen LogP contribution is 2.13. The highest BCUT2D eigenvalue weighted by molar-refractivity contribution is 5.94. The van der Waals surface area contributed by atoms with E-state index < -0.39 is 6.61 Å². The lowest BCUT2D eigenvalue weighted by atomic mass is 10.1. The Hall–Kier alpha value is -2.76. The SMILES string of the molecule is CCc1ccc(C(=O)N/N=C\c2ccc(OC(F)F)cc2)cc1. The molecule has 0 saturated carbocycles. The van der Waals surface area contributed by atoms with Crippen LogP contribution in [-0.4, -0.2) is 18.7 Å². The van der Waals surface area contributed by atoms with Crippen LogP contribution in [0.5, 0.6) is 5.75 Å². The fourth-order valence-electron chi connectivity index (χ4n) is 1.86. The largest absolute Gasteiger partial charge is 0.435 e. The van der Waals surface area contributed by atoms with Crippen LogP contribution in [0, 0.1) is 0 Å². The number of nitrogens with zero attached hydrogens (tertiary/aromatic N) is 1. The van der Waals surface area contributed by atoms with Crippen molar-refractivity contribution in [2.75, 3.05) is 0 Å². The summed E-state index contributed by atoms with van der Waals surface area (Å²) < 4.78 is 28.3. The molecule has 2 aromatic rings. The van der Waals surface area contributed by atoms with E-state index in [1.807, 2.05) is 19.1 Å². The van der Waals surface area contributed by atoms with Gasteiger partial charge in [-0.25, -0.2) is 5.43 Å². The molecule has 0 aliphatic rings. The summed E-state index contributed by atoms with van der Waals surface area (Å²) in [5.41, 5.74) is 4.72. The number of carbonyl (C=O) groups excluding carboxylic acids is 1. The van der Waals surface area contributed by atoms with Crippen molar-refractivity contribution >= 4 is 12.1 Å². The number of ether oxygens (including phenoxy) is 1. The van der Waals surface area contributed by atoms with Gasteiger partial charge < -0.3 is 4.74 Å². The van der Waals surface area contributed by atoms with Crippen molar-refractivity contribution in [3.8, 4) is 5.75 Å². The monoisotopic (exact) mass is 318 g/mol. The van der Waals surface area contributed by atoms with Crippen molar-refractivity contribution < 1.29 is 18.3 Å². The predicted octanol–water partition coefficient (Wildman–Crippen LogP) is 3.61. The Bertz CT molecular complexity index is 668. The molecule has 6 heteroatoms. The summed E-state index contributed by atoms with van der Waals surface area (Å²) in [4.78, 5) is 11.9. The molecule has 1 amide bonds. The molecule has 0 unspecified atom stereocenters. The summed E-state index contributed by atoms with van der Waals surface area (Å²) in [7, 11) is 0. The second kappa shape index (κ2) is 8.03. The van der Waals surface area contributed by atoms with Gasteiger partial charge in [0.15, 0.2) is 0 Å². The Morgan fingerprint density at radius 2 is 1.83 bits per heavy atom. The van der Waals surface area contributed by atoms with E-state index in [2.05, 4.69) is 15.3 Å². The first kappa shape index (κ1) is 16.6. The number of benzene rings is 2. The molecule has 2 aromatic carbocycles. The maximum atomic E-state index is 12.0. The van der Waals surface area contributed by atoms with E-state index in [0.717, 1.165) is 12.0 Å². The predicted molar refractivity (Wildman–Crippen MR) is 84.0 cm³/mol. The second-order valence-corrected chi connectivity index (χ2v) is 4.70. The van der Waals surface area contributed by atoms with E-state index in [0.29, 0.717) is 11.1 Å². The molecular formula is C17H16F2N2O2. The normalized spacial score (nSPS) is 11.0. The van der Waals surface area contributed by atoms with Crippen LogP contribution in [0.1, 0.15) is 28.4 Å². The molecule has 120 valence electrons. The first-order chi connectivity index (χ1) is 11.1. The molecule has 0 aromatic heterocycles. The number of hydrogen-bond donors (Lipinski definition) is 1. The lowest BCUT2D eigenvalue weighted by Gasteiger charge is -2.04. The molecule has 0 aliphatic heterocycles. The third kappa shape index (κ3) is 5.18. The van der Waals surface area contributed by atoms with E-state index in [1.165, 1.54) is 18.3 Å². The van der Waals surface area contributed by atoms with Gasteiger partial charge in [0.1, 0.15) is 5.75 Å². The standard InChI is InChI=1S/C17H16F2N2O2/c1-2-12-3-7-14(8-4-12)16(22)21-20-11-13-5-9-15(10-6-13)23-17(18)19/h3-11,17H,2H2,1H3,(H,21,22)/b20-11-. The molecule has 4 nitrogen and oxygen atoms in total. The maximum Gasteiger partial charge on any atom is 0.387 e. The number of nitrogens with one attached hydrogen (secondary N) is 1. The molecule has 23 heavy (non-hydrogen) atoms. The zero-order valence-electron chi connectivity index (χ0n) is 12.5. The van der Waals surface area contributed by atoms with Gasteiger partial charge in [-0.15, -0.1) is 0 Å². The number of alkyl halides is 2. The second-order valence-electron chi connectivity index (χ2n) is 4.70. The number of aryl methyl sites for hydroxylation is 1. The maximum absolute atomic E-state index is 12.0. The number of amides is 1. The minimum atomic E-state index is -2.85. The van der Waals surface area contributed by atoms with Crippen molar-refractivity contribution in [2.24, 2.45) is 5.10 Å². The highest BCUT2D eigenvalue weighted by atomic mass is 19.3. The minimum absolute atomic E-state index is 0.0669. The summed E-state index contributed by atoms with van der Waals surface area (Å²) in [5.74, 6) is -0.251. The third-order valence-electron chi connectivity index (χ3n) is 3.11. The smallest absolute Gasteiger partial charge is 0.387 e. The number of hydrogen-bond acceptors (Lipinski definition) is 3. The topological polar surface area (TPSA) is 50.7 Å². The molecule has 0 heterocycles. The molecule has 0 aliphatic carbocycles. The lowest BCUT2D eigenvalue weighted by Crippen LogP contribution is -2.17. The van der Waals surface area contributed by atoms with Gasteiger partial charge >= 0.3 is 6.61 Å². The van der Waals surface area contributed by atoms with E-state index in [4.69, 9.17) is 0 Å².